The molecule has 2 aromatic carbocycles. The summed E-state index contributed by atoms with van der Waals surface area (Å²) in [5.41, 5.74) is 0.126. The molecule has 0 spiro atoms. The zero-order valence-electron chi connectivity index (χ0n) is 12.8. The van der Waals surface area contributed by atoms with Crippen molar-refractivity contribution in [3.63, 3.8) is 0 Å². The highest BCUT2D eigenvalue weighted by molar-refractivity contribution is 9.10. The fourth-order valence-corrected chi connectivity index (χ4v) is 3.65. The van der Waals surface area contributed by atoms with Gasteiger partial charge in [-0.05, 0) is 56.3 Å². The van der Waals surface area contributed by atoms with E-state index in [2.05, 4.69) is 21.2 Å². The molecule has 1 amide bonds. The van der Waals surface area contributed by atoms with Crippen molar-refractivity contribution in [2.45, 2.75) is 23.5 Å². The van der Waals surface area contributed by atoms with Crippen LogP contribution < -0.4 is 5.32 Å². The molecule has 0 bridgehead atoms. The highest BCUT2D eigenvalue weighted by Crippen LogP contribution is 2.28. The summed E-state index contributed by atoms with van der Waals surface area (Å²) >= 11 is 8.81. The lowest BCUT2D eigenvalue weighted by molar-refractivity contribution is -0.117. The minimum Gasteiger partial charge on any atom is -0.325 e. The maximum atomic E-state index is 13.5. The normalized spacial score (nSPS) is 12.0. The van der Waals surface area contributed by atoms with E-state index in [-0.39, 0.29) is 15.6 Å². The molecule has 0 heterocycles. The Morgan fingerprint density at radius 1 is 1.17 bits per heavy atom. The Hall–Kier alpha value is -1.44. The molecule has 24 heavy (non-hydrogen) atoms. The number of hydrogen-bond donors (Lipinski definition) is 1. The van der Waals surface area contributed by atoms with Gasteiger partial charge in [-0.15, -0.1) is 0 Å². The zero-order chi connectivity index (χ0) is 18.1. The molecular weight excluding hydrogens is 421 g/mol. The van der Waals surface area contributed by atoms with Gasteiger partial charge in [0.05, 0.1) is 9.92 Å². The van der Waals surface area contributed by atoms with Crippen LogP contribution in [0.15, 0.2) is 51.8 Å². The Balaban J connectivity index is 2.32. The van der Waals surface area contributed by atoms with Crippen molar-refractivity contribution in [1.29, 1.82) is 0 Å². The van der Waals surface area contributed by atoms with Gasteiger partial charge in [-0.2, -0.15) is 0 Å². The number of halogens is 3. The Morgan fingerprint density at radius 3 is 2.29 bits per heavy atom. The molecule has 2 rings (SSSR count). The molecule has 0 atom stereocenters. The van der Waals surface area contributed by atoms with Gasteiger partial charge < -0.3 is 5.32 Å². The molecule has 0 fully saturated rings. The molecule has 128 valence electrons. The first-order chi connectivity index (χ1) is 11.1. The van der Waals surface area contributed by atoms with Gasteiger partial charge in [-0.3, -0.25) is 4.79 Å². The maximum Gasteiger partial charge on any atom is 0.245 e. The standard InChI is InChI=1S/C16H14BrClFNO3S/c1-16(2,24(22,23)12-6-3-10(17)4-7-12)15(21)20-11-5-8-13(18)14(19)9-11/h3-9H,1-2H3,(H,20,21). The highest BCUT2D eigenvalue weighted by Gasteiger charge is 2.42. The number of amides is 1. The summed E-state index contributed by atoms with van der Waals surface area (Å²) in [6, 6.07) is 9.69. The van der Waals surface area contributed by atoms with E-state index >= 15 is 0 Å². The van der Waals surface area contributed by atoms with Gasteiger partial charge in [0.1, 0.15) is 10.6 Å². The highest BCUT2D eigenvalue weighted by atomic mass is 79.9. The lowest BCUT2D eigenvalue weighted by Crippen LogP contribution is -2.44. The van der Waals surface area contributed by atoms with Crippen molar-refractivity contribution < 1.29 is 17.6 Å². The SMILES string of the molecule is CC(C)(C(=O)Nc1ccc(Cl)c(F)c1)S(=O)(=O)c1ccc(Br)cc1. The Labute approximate surface area is 153 Å². The average Bonchev–Trinajstić information content (AvgIpc) is 2.51. The fraction of sp³-hybridized carbons (Fsp3) is 0.188. The molecule has 1 N–H and O–H groups in total. The van der Waals surface area contributed by atoms with E-state index in [1.807, 2.05) is 0 Å². The third-order valence-electron chi connectivity index (χ3n) is 3.52. The monoisotopic (exact) mass is 433 g/mol. The third-order valence-corrected chi connectivity index (χ3v) is 6.78. The van der Waals surface area contributed by atoms with Crippen LogP contribution in [0, 0.1) is 5.82 Å². The van der Waals surface area contributed by atoms with Gasteiger partial charge in [0.25, 0.3) is 0 Å². The number of benzene rings is 2. The summed E-state index contributed by atoms with van der Waals surface area (Å²) in [5, 5.41) is 2.32. The first-order valence-electron chi connectivity index (χ1n) is 6.82. The molecule has 0 aliphatic carbocycles. The van der Waals surface area contributed by atoms with Gasteiger partial charge in [-0.1, -0.05) is 27.5 Å². The van der Waals surface area contributed by atoms with Gasteiger partial charge in [0, 0.05) is 10.2 Å². The van der Waals surface area contributed by atoms with Crippen molar-refractivity contribution in [2.24, 2.45) is 0 Å². The first-order valence-corrected chi connectivity index (χ1v) is 9.48. The summed E-state index contributed by atoms with van der Waals surface area (Å²) < 4.78 is 37.9. The van der Waals surface area contributed by atoms with Crippen molar-refractivity contribution in [1.82, 2.24) is 0 Å². The lowest BCUT2D eigenvalue weighted by atomic mass is 10.2. The molecule has 8 heteroatoms. The topological polar surface area (TPSA) is 63.2 Å². The quantitative estimate of drug-likeness (QED) is 0.774. The van der Waals surface area contributed by atoms with Crippen LogP contribution >= 0.6 is 27.5 Å². The Bertz CT molecular complexity index is 883. The second-order valence-corrected chi connectivity index (χ2v) is 9.37. The summed E-state index contributed by atoms with van der Waals surface area (Å²) in [6.45, 7) is 2.60. The Morgan fingerprint density at radius 2 is 1.75 bits per heavy atom. The molecule has 4 nitrogen and oxygen atoms in total. The largest absolute Gasteiger partial charge is 0.325 e. The predicted molar refractivity (Wildman–Crippen MR) is 95.4 cm³/mol. The van der Waals surface area contributed by atoms with E-state index in [4.69, 9.17) is 11.6 Å². The molecule has 0 unspecified atom stereocenters. The van der Waals surface area contributed by atoms with E-state index in [9.17, 15) is 17.6 Å². The summed E-state index contributed by atoms with van der Waals surface area (Å²) in [5.74, 6) is -1.48. The van der Waals surface area contributed by atoms with Crippen LogP contribution in [-0.2, 0) is 14.6 Å². The first kappa shape index (κ1) is 18.9. The van der Waals surface area contributed by atoms with Crippen LogP contribution in [-0.4, -0.2) is 19.1 Å². The second kappa shape index (κ2) is 6.82. The molecule has 0 aliphatic rings. The van der Waals surface area contributed by atoms with Gasteiger partial charge in [0.15, 0.2) is 9.84 Å². The number of rotatable bonds is 4. The number of hydrogen-bond acceptors (Lipinski definition) is 3. The smallest absolute Gasteiger partial charge is 0.245 e. The van der Waals surface area contributed by atoms with Crippen molar-refractivity contribution >= 4 is 49.0 Å². The Kier molecular flexibility index (Phi) is 5.37. The number of nitrogens with one attached hydrogen (secondary N) is 1. The van der Waals surface area contributed by atoms with Crippen molar-refractivity contribution in [3.8, 4) is 0 Å². The van der Waals surface area contributed by atoms with E-state index in [0.717, 1.165) is 10.5 Å². The molecule has 0 aliphatic heterocycles. The second-order valence-electron chi connectivity index (χ2n) is 5.55. The minimum atomic E-state index is -3.95. The van der Waals surface area contributed by atoms with Gasteiger partial charge in [-0.25, -0.2) is 12.8 Å². The molecule has 2 aromatic rings. The van der Waals surface area contributed by atoms with Gasteiger partial charge >= 0.3 is 0 Å². The molecular formula is C16H14BrClFNO3S. The van der Waals surface area contributed by atoms with Crippen LogP contribution in [0.25, 0.3) is 0 Å². The summed E-state index contributed by atoms with van der Waals surface area (Å²) in [6.07, 6.45) is 0. The van der Waals surface area contributed by atoms with E-state index < -0.39 is 26.3 Å². The van der Waals surface area contributed by atoms with E-state index in [0.29, 0.717) is 0 Å². The third kappa shape index (κ3) is 3.63. The molecule has 0 saturated heterocycles. The molecule has 0 radical (unpaired) electrons. The minimum absolute atomic E-state index is 0.0214. The van der Waals surface area contributed by atoms with E-state index in [1.165, 1.54) is 38.1 Å². The van der Waals surface area contributed by atoms with Crippen LogP contribution in [0.2, 0.25) is 5.02 Å². The van der Waals surface area contributed by atoms with Crippen molar-refractivity contribution in [3.05, 3.63) is 57.8 Å². The summed E-state index contributed by atoms with van der Waals surface area (Å²) in [7, 11) is -3.95. The van der Waals surface area contributed by atoms with Gasteiger partial charge in [0.2, 0.25) is 5.91 Å². The lowest BCUT2D eigenvalue weighted by Gasteiger charge is -2.24. The fourth-order valence-electron chi connectivity index (χ4n) is 1.89. The number of sulfone groups is 1. The average molecular weight is 435 g/mol. The molecule has 0 aromatic heterocycles. The number of carbonyl (C=O) groups is 1. The number of anilines is 1. The number of carbonyl (C=O) groups excluding carboxylic acids is 1. The van der Waals surface area contributed by atoms with Crippen LogP contribution in [0.4, 0.5) is 10.1 Å². The predicted octanol–water partition coefficient (Wildman–Crippen LogP) is 4.43. The maximum absolute atomic E-state index is 13.5. The van der Waals surface area contributed by atoms with Crippen LogP contribution in [0.3, 0.4) is 0 Å². The van der Waals surface area contributed by atoms with Crippen LogP contribution in [0.5, 0.6) is 0 Å². The molecule has 0 saturated carbocycles. The zero-order valence-corrected chi connectivity index (χ0v) is 16.0. The van der Waals surface area contributed by atoms with Crippen LogP contribution in [0.1, 0.15) is 13.8 Å². The summed E-state index contributed by atoms with van der Waals surface area (Å²) in [4.78, 5) is 12.5. The van der Waals surface area contributed by atoms with E-state index in [1.54, 1.807) is 12.1 Å². The van der Waals surface area contributed by atoms with Crippen molar-refractivity contribution in [2.75, 3.05) is 5.32 Å².